The van der Waals surface area contributed by atoms with Gasteiger partial charge in [0.05, 0.1) is 39.7 Å². The quantitative estimate of drug-likeness (QED) is 0.775. The normalized spacial score (nSPS) is 15.6. The van der Waals surface area contributed by atoms with Crippen LogP contribution in [0, 0.1) is 4.84 Å². The van der Waals surface area contributed by atoms with Crippen LogP contribution < -0.4 is 9.47 Å². The summed E-state index contributed by atoms with van der Waals surface area (Å²) in [5, 5.41) is 4.48. The molecule has 3 rings (SSSR count). The first-order valence-electron chi connectivity index (χ1n) is 7.31. The molecule has 23 heavy (non-hydrogen) atoms. The molecule has 0 N–H and O–H groups in total. The molecule has 1 aliphatic rings. The van der Waals surface area contributed by atoms with Crippen LogP contribution in [0.5, 0.6) is 11.5 Å². The molecular weight excluding hydrogens is 318 g/mol. The fraction of sp³-hybridized carbons (Fsp3) is 0.467. The molecule has 1 aromatic carbocycles. The van der Waals surface area contributed by atoms with Crippen molar-refractivity contribution in [1.82, 2.24) is 14.7 Å². The Morgan fingerprint density at radius 1 is 1.22 bits per heavy atom. The minimum absolute atomic E-state index is 0.337. The van der Waals surface area contributed by atoms with E-state index in [1.54, 1.807) is 25.0 Å². The third-order valence-corrected chi connectivity index (χ3v) is 3.98. The molecule has 2 heterocycles. The average molecular weight is 337 g/mol. The van der Waals surface area contributed by atoms with E-state index in [1.807, 2.05) is 12.1 Å². The van der Waals surface area contributed by atoms with Gasteiger partial charge in [0.1, 0.15) is 11.5 Å². The Hall–Kier alpha value is -1.90. The van der Waals surface area contributed by atoms with E-state index in [0.29, 0.717) is 28.9 Å². The van der Waals surface area contributed by atoms with Gasteiger partial charge in [0.25, 0.3) is 10.7 Å². The summed E-state index contributed by atoms with van der Waals surface area (Å²) in [7, 11) is 3.20. The van der Waals surface area contributed by atoms with Crippen molar-refractivity contribution in [1.29, 1.82) is 0 Å². The van der Waals surface area contributed by atoms with Gasteiger partial charge < -0.3 is 18.6 Å². The zero-order valence-electron chi connectivity index (χ0n) is 13.2. The molecule has 0 unspecified atom stereocenters. The smallest absolute Gasteiger partial charge is 0.288 e. The van der Waals surface area contributed by atoms with Gasteiger partial charge in [0.15, 0.2) is 0 Å². The molecule has 0 saturated carbocycles. The highest BCUT2D eigenvalue weighted by molar-refractivity contribution is 7.71. The number of methoxy groups -OCH3 is 2. The number of ether oxygens (including phenoxy) is 3. The molecule has 2 aromatic rings. The lowest BCUT2D eigenvalue weighted by atomic mass is 10.2. The molecule has 0 bridgehead atoms. The zero-order valence-corrected chi connectivity index (χ0v) is 14.0. The summed E-state index contributed by atoms with van der Waals surface area (Å²) >= 11 is 5.28. The van der Waals surface area contributed by atoms with Gasteiger partial charge in [-0.3, -0.25) is 4.90 Å². The Bertz CT molecular complexity index is 722. The van der Waals surface area contributed by atoms with Crippen molar-refractivity contribution >= 4 is 12.2 Å². The third kappa shape index (κ3) is 3.54. The van der Waals surface area contributed by atoms with Gasteiger partial charge in [0.2, 0.25) is 0 Å². The minimum atomic E-state index is 0.337. The summed E-state index contributed by atoms with van der Waals surface area (Å²) in [6, 6.07) is 5.46. The summed E-state index contributed by atoms with van der Waals surface area (Å²) in [6.07, 6.45) is 0. The van der Waals surface area contributed by atoms with Crippen molar-refractivity contribution in [3.8, 4) is 23.0 Å². The van der Waals surface area contributed by atoms with E-state index < -0.39 is 0 Å². The highest BCUT2D eigenvalue weighted by Crippen LogP contribution is 2.32. The molecule has 1 saturated heterocycles. The van der Waals surface area contributed by atoms with E-state index in [1.165, 1.54) is 0 Å². The maximum Gasteiger partial charge on any atom is 0.288 e. The second-order valence-corrected chi connectivity index (χ2v) is 5.46. The average Bonchev–Trinajstić information content (AvgIpc) is 2.95. The molecule has 0 spiro atoms. The lowest BCUT2D eigenvalue weighted by Gasteiger charge is -2.25. The highest BCUT2D eigenvalue weighted by Gasteiger charge is 2.17. The largest absolute Gasteiger partial charge is 0.497 e. The van der Waals surface area contributed by atoms with E-state index in [4.69, 9.17) is 30.8 Å². The Balaban J connectivity index is 1.86. The Morgan fingerprint density at radius 3 is 2.70 bits per heavy atom. The van der Waals surface area contributed by atoms with E-state index in [0.717, 1.165) is 31.9 Å². The van der Waals surface area contributed by atoms with Gasteiger partial charge >= 0.3 is 0 Å². The van der Waals surface area contributed by atoms with Crippen LogP contribution in [0.3, 0.4) is 0 Å². The van der Waals surface area contributed by atoms with Gasteiger partial charge in [0, 0.05) is 19.2 Å². The summed E-state index contributed by atoms with van der Waals surface area (Å²) in [5.74, 6) is 1.76. The fourth-order valence-electron chi connectivity index (χ4n) is 2.41. The van der Waals surface area contributed by atoms with Crippen molar-refractivity contribution in [3.05, 3.63) is 23.0 Å². The first kappa shape index (κ1) is 16.0. The standard InChI is InChI=1S/C15H19N3O4S/c1-19-11-3-4-12(13(9-11)20-2)14-16-18(15(23)22-14)10-17-5-7-21-8-6-17/h3-4,9H,5-8,10H2,1-2H3. The van der Waals surface area contributed by atoms with Gasteiger partial charge in [-0.1, -0.05) is 0 Å². The molecule has 0 radical (unpaired) electrons. The molecule has 1 fully saturated rings. The van der Waals surface area contributed by atoms with Crippen LogP contribution in [-0.2, 0) is 11.4 Å². The Morgan fingerprint density at radius 2 is 2.00 bits per heavy atom. The molecule has 124 valence electrons. The van der Waals surface area contributed by atoms with Gasteiger partial charge in [-0.25, -0.2) is 4.68 Å². The fourth-order valence-corrected chi connectivity index (χ4v) is 2.59. The summed E-state index contributed by atoms with van der Waals surface area (Å²) in [4.78, 5) is 2.56. The van der Waals surface area contributed by atoms with Crippen molar-refractivity contribution in [2.24, 2.45) is 0 Å². The van der Waals surface area contributed by atoms with E-state index >= 15 is 0 Å². The summed E-state index contributed by atoms with van der Waals surface area (Å²) < 4.78 is 23.3. The monoisotopic (exact) mass is 337 g/mol. The molecular formula is C15H19N3O4S. The van der Waals surface area contributed by atoms with Gasteiger partial charge in [-0.05, 0) is 24.4 Å². The van der Waals surface area contributed by atoms with E-state index in [9.17, 15) is 0 Å². The first-order chi connectivity index (χ1) is 11.2. The maximum atomic E-state index is 5.65. The van der Waals surface area contributed by atoms with Crippen LogP contribution in [0.2, 0.25) is 0 Å². The summed E-state index contributed by atoms with van der Waals surface area (Å²) in [6.45, 7) is 3.75. The van der Waals surface area contributed by atoms with Crippen LogP contribution in [-0.4, -0.2) is 55.2 Å². The topological polar surface area (TPSA) is 61.9 Å². The van der Waals surface area contributed by atoms with Crippen LogP contribution in [0.1, 0.15) is 0 Å². The number of nitrogens with zero attached hydrogens (tertiary/aromatic N) is 3. The lowest BCUT2D eigenvalue weighted by Crippen LogP contribution is -2.37. The molecule has 0 atom stereocenters. The zero-order chi connectivity index (χ0) is 16.2. The molecule has 1 aromatic heterocycles. The van der Waals surface area contributed by atoms with Gasteiger partial charge in [-0.2, -0.15) is 0 Å². The maximum absolute atomic E-state index is 5.65. The molecule has 7 nitrogen and oxygen atoms in total. The van der Waals surface area contributed by atoms with Crippen molar-refractivity contribution in [2.75, 3.05) is 40.5 Å². The number of aromatic nitrogens is 2. The minimum Gasteiger partial charge on any atom is -0.497 e. The van der Waals surface area contributed by atoms with Crippen LogP contribution in [0.25, 0.3) is 11.5 Å². The second kappa shape index (κ2) is 7.12. The number of rotatable bonds is 5. The lowest BCUT2D eigenvalue weighted by molar-refractivity contribution is 0.0206. The van der Waals surface area contributed by atoms with Crippen molar-refractivity contribution in [2.45, 2.75) is 6.67 Å². The third-order valence-electron chi connectivity index (χ3n) is 3.68. The predicted octanol–water partition coefficient (Wildman–Crippen LogP) is 2.18. The van der Waals surface area contributed by atoms with Gasteiger partial charge in [-0.15, -0.1) is 5.10 Å². The first-order valence-corrected chi connectivity index (χ1v) is 7.72. The Kier molecular flexibility index (Phi) is 4.94. The predicted molar refractivity (Wildman–Crippen MR) is 86.3 cm³/mol. The second-order valence-electron chi connectivity index (χ2n) is 5.11. The highest BCUT2D eigenvalue weighted by atomic mass is 32.1. The molecule has 8 heteroatoms. The molecule has 0 amide bonds. The number of hydrogen-bond acceptors (Lipinski definition) is 7. The number of morpholine rings is 1. The van der Waals surface area contributed by atoms with E-state index in [2.05, 4.69) is 10.00 Å². The van der Waals surface area contributed by atoms with E-state index in [-0.39, 0.29) is 0 Å². The van der Waals surface area contributed by atoms with Crippen LogP contribution in [0.15, 0.2) is 22.6 Å². The number of hydrogen-bond donors (Lipinski definition) is 0. The summed E-state index contributed by atoms with van der Waals surface area (Å²) in [5.41, 5.74) is 0.736. The van der Waals surface area contributed by atoms with Crippen LogP contribution in [0.4, 0.5) is 0 Å². The molecule has 1 aliphatic heterocycles. The SMILES string of the molecule is COc1ccc(-c2nn(CN3CCOCC3)c(=S)o2)c(OC)c1. The van der Waals surface area contributed by atoms with Crippen molar-refractivity contribution in [3.63, 3.8) is 0 Å². The number of benzene rings is 1. The Labute approximate surface area is 139 Å². The van der Waals surface area contributed by atoms with Crippen LogP contribution >= 0.6 is 12.2 Å². The van der Waals surface area contributed by atoms with Crippen molar-refractivity contribution < 1.29 is 18.6 Å². The molecule has 0 aliphatic carbocycles.